The van der Waals surface area contributed by atoms with Gasteiger partial charge in [-0.3, -0.25) is 14.4 Å². The Labute approximate surface area is 232 Å². The lowest BCUT2D eigenvalue weighted by molar-refractivity contribution is -0.154. The normalized spacial score (nSPS) is 32.9. The number of carbonyl (C=O) groups is 3. The zero-order valence-corrected chi connectivity index (χ0v) is 23.3. The van der Waals surface area contributed by atoms with Crippen LogP contribution in [0.4, 0.5) is 5.69 Å². The lowest BCUT2D eigenvalue weighted by atomic mass is 9.74. The second-order valence-electron chi connectivity index (χ2n) is 11.5. The van der Waals surface area contributed by atoms with Crippen LogP contribution in [0.3, 0.4) is 0 Å². The third-order valence-corrected chi connectivity index (χ3v) is 10.6. The highest BCUT2D eigenvalue weighted by Crippen LogP contribution is 2.65. The topological polar surface area (TPSA) is 87.2 Å². The molecule has 2 fully saturated rings. The summed E-state index contributed by atoms with van der Waals surface area (Å²) in [6.45, 7) is 6.20. The highest BCUT2D eigenvalue weighted by molar-refractivity contribution is 8.02. The number of thioether (sulfide) groups is 1. The van der Waals surface area contributed by atoms with Crippen molar-refractivity contribution < 1.29 is 24.2 Å². The zero-order valence-electron chi connectivity index (χ0n) is 22.4. The van der Waals surface area contributed by atoms with Gasteiger partial charge < -0.3 is 19.6 Å². The van der Waals surface area contributed by atoms with Gasteiger partial charge in [-0.25, -0.2) is 0 Å². The Morgan fingerprint density at radius 2 is 1.79 bits per heavy atom. The number of aliphatic hydroxyl groups excluding tert-OH is 1. The van der Waals surface area contributed by atoms with Crippen LogP contribution in [0.1, 0.15) is 27.2 Å². The van der Waals surface area contributed by atoms with E-state index in [1.54, 1.807) is 9.80 Å². The van der Waals surface area contributed by atoms with E-state index in [0.717, 1.165) is 16.5 Å². The SMILES string of the molecule is CC(C)[C@H](CO)N1C(=O)[C@@H]2[C@H]3C(=O)OCCC=C[C@@]3(C)S[C@@]23C=CCN(c2ccc4ccccc4c2)C(=O)C13. The van der Waals surface area contributed by atoms with Gasteiger partial charge in [-0.1, -0.05) is 68.5 Å². The monoisotopic (exact) mass is 546 g/mol. The Bertz CT molecular complexity index is 1400. The van der Waals surface area contributed by atoms with Gasteiger partial charge in [-0.05, 0) is 42.2 Å². The van der Waals surface area contributed by atoms with E-state index < -0.39 is 39.4 Å². The molecule has 2 aromatic rings. The van der Waals surface area contributed by atoms with Crippen molar-refractivity contribution in [2.45, 2.75) is 48.8 Å². The molecule has 0 aromatic heterocycles. The largest absolute Gasteiger partial charge is 0.465 e. The van der Waals surface area contributed by atoms with Crippen molar-refractivity contribution in [3.63, 3.8) is 0 Å². The van der Waals surface area contributed by atoms with Crippen molar-refractivity contribution in [1.82, 2.24) is 4.90 Å². The molecule has 4 aliphatic heterocycles. The minimum absolute atomic E-state index is 0.0930. The zero-order chi connectivity index (χ0) is 27.5. The van der Waals surface area contributed by atoms with E-state index >= 15 is 0 Å². The Kier molecular flexibility index (Phi) is 6.38. The molecule has 8 heteroatoms. The summed E-state index contributed by atoms with van der Waals surface area (Å²) in [5.41, 5.74) is 0.751. The fourth-order valence-corrected chi connectivity index (χ4v) is 9.12. The van der Waals surface area contributed by atoms with Gasteiger partial charge in [0.15, 0.2) is 0 Å². The van der Waals surface area contributed by atoms with Gasteiger partial charge in [0.2, 0.25) is 5.91 Å². The molecule has 0 aliphatic carbocycles. The number of likely N-dealkylation sites (tertiary alicyclic amines) is 1. The highest BCUT2D eigenvalue weighted by atomic mass is 32.2. The van der Waals surface area contributed by atoms with Crippen LogP contribution in [0.5, 0.6) is 0 Å². The second kappa shape index (κ2) is 9.52. The molecular weight excluding hydrogens is 512 g/mol. The van der Waals surface area contributed by atoms with E-state index in [2.05, 4.69) is 0 Å². The predicted octanol–water partition coefficient (Wildman–Crippen LogP) is 3.95. The van der Waals surface area contributed by atoms with Gasteiger partial charge >= 0.3 is 5.97 Å². The minimum atomic E-state index is -0.977. The van der Waals surface area contributed by atoms with Crippen LogP contribution in [0, 0.1) is 17.8 Å². The number of benzene rings is 2. The molecule has 4 aliphatic rings. The summed E-state index contributed by atoms with van der Waals surface area (Å²) in [4.78, 5) is 45.9. The average Bonchev–Trinajstić information content (AvgIpc) is 3.22. The first-order valence-corrected chi connectivity index (χ1v) is 14.5. The van der Waals surface area contributed by atoms with Crippen LogP contribution in [0.25, 0.3) is 10.8 Å². The molecule has 2 amide bonds. The number of carbonyl (C=O) groups excluding carboxylic acids is 3. The van der Waals surface area contributed by atoms with Gasteiger partial charge in [0, 0.05) is 17.0 Å². The van der Waals surface area contributed by atoms with Crippen LogP contribution in [-0.4, -0.2) is 69.1 Å². The Morgan fingerprint density at radius 1 is 1.03 bits per heavy atom. The van der Waals surface area contributed by atoms with Gasteiger partial charge in [0.05, 0.1) is 35.8 Å². The number of anilines is 1. The molecule has 39 heavy (non-hydrogen) atoms. The Balaban J connectivity index is 1.52. The molecule has 0 saturated carbocycles. The summed E-state index contributed by atoms with van der Waals surface area (Å²) < 4.78 is 3.92. The van der Waals surface area contributed by atoms with Crippen molar-refractivity contribution in [2.75, 3.05) is 24.7 Å². The lowest BCUT2D eigenvalue weighted by Crippen LogP contribution is -2.58. The van der Waals surface area contributed by atoms with Crippen LogP contribution in [0.2, 0.25) is 0 Å². The smallest absolute Gasteiger partial charge is 0.311 e. The highest BCUT2D eigenvalue weighted by Gasteiger charge is 2.74. The van der Waals surface area contributed by atoms with E-state index in [4.69, 9.17) is 4.74 Å². The summed E-state index contributed by atoms with van der Waals surface area (Å²) in [7, 11) is 0. The molecular formula is C31H34N2O5S. The molecule has 1 spiro atoms. The third kappa shape index (κ3) is 3.86. The summed E-state index contributed by atoms with van der Waals surface area (Å²) in [5, 5.41) is 12.6. The molecule has 1 unspecified atom stereocenters. The number of amides is 2. The number of aliphatic hydroxyl groups is 1. The molecule has 1 N–H and O–H groups in total. The summed E-state index contributed by atoms with van der Waals surface area (Å²) in [6, 6.07) is 12.5. The lowest BCUT2D eigenvalue weighted by Gasteiger charge is -2.41. The molecule has 6 atom stereocenters. The van der Waals surface area contributed by atoms with E-state index in [1.165, 1.54) is 11.8 Å². The van der Waals surface area contributed by atoms with E-state index in [1.807, 2.05) is 87.5 Å². The molecule has 4 heterocycles. The average molecular weight is 547 g/mol. The first kappa shape index (κ1) is 26.1. The molecule has 0 bridgehead atoms. The number of nitrogens with zero attached hydrogens (tertiary/aromatic N) is 2. The van der Waals surface area contributed by atoms with Crippen LogP contribution in [-0.2, 0) is 19.1 Å². The van der Waals surface area contributed by atoms with Gasteiger partial charge in [0.1, 0.15) is 6.04 Å². The summed E-state index contributed by atoms with van der Waals surface area (Å²) in [5.74, 6) is -2.48. The van der Waals surface area contributed by atoms with Crippen LogP contribution >= 0.6 is 11.8 Å². The van der Waals surface area contributed by atoms with Crippen molar-refractivity contribution in [2.24, 2.45) is 17.8 Å². The van der Waals surface area contributed by atoms with Crippen molar-refractivity contribution >= 4 is 46.0 Å². The molecule has 204 valence electrons. The number of esters is 1. The number of ether oxygens (including phenoxy) is 1. The number of rotatable bonds is 4. The molecule has 2 aromatic carbocycles. The minimum Gasteiger partial charge on any atom is -0.465 e. The standard InChI is InChI=1S/C31H34N2O5S/c1-19(2)23(18-34)33-26-28(36)32(22-12-11-20-9-4-5-10-21(20)17-22)15-8-14-31(26)24(27(33)35)25-29(37)38-16-7-6-13-30(25,3)39-31/h4-6,8-14,17,19,23-26,34H,7,15-16,18H2,1-3H3/t23-,24-,25-,26?,30+,31-/m0/s1. The Hall–Kier alpha value is -3.10. The first-order valence-electron chi connectivity index (χ1n) is 13.7. The van der Waals surface area contributed by atoms with Crippen molar-refractivity contribution in [3.05, 3.63) is 66.8 Å². The summed E-state index contributed by atoms with van der Waals surface area (Å²) >= 11 is 1.52. The van der Waals surface area contributed by atoms with E-state index in [9.17, 15) is 19.5 Å². The third-order valence-electron chi connectivity index (χ3n) is 8.82. The van der Waals surface area contributed by atoms with E-state index in [-0.39, 0.29) is 30.9 Å². The van der Waals surface area contributed by atoms with Gasteiger partial charge in [0.25, 0.3) is 5.91 Å². The quantitative estimate of drug-likeness (QED) is 0.462. The molecule has 2 saturated heterocycles. The number of hydrogen-bond donors (Lipinski definition) is 1. The van der Waals surface area contributed by atoms with Crippen molar-refractivity contribution in [3.8, 4) is 0 Å². The number of cyclic esters (lactones) is 1. The molecule has 0 radical (unpaired) electrons. The maximum Gasteiger partial charge on any atom is 0.311 e. The fourth-order valence-electron chi connectivity index (χ4n) is 6.98. The molecule has 7 nitrogen and oxygen atoms in total. The number of fused-ring (bicyclic) bond motifs is 3. The van der Waals surface area contributed by atoms with E-state index in [0.29, 0.717) is 13.0 Å². The van der Waals surface area contributed by atoms with Gasteiger partial charge in [-0.15, -0.1) is 11.8 Å². The second-order valence-corrected chi connectivity index (χ2v) is 13.3. The first-order chi connectivity index (χ1) is 18.7. The number of hydrogen-bond acceptors (Lipinski definition) is 6. The van der Waals surface area contributed by atoms with Crippen LogP contribution < -0.4 is 4.90 Å². The maximum atomic E-state index is 14.7. The van der Waals surface area contributed by atoms with Gasteiger partial charge in [-0.2, -0.15) is 0 Å². The Morgan fingerprint density at radius 3 is 2.54 bits per heavy atom. The predicted molar refractivity (Wildman–Crippen MR) is 152 cm³/mol. The molecule has 6 rings (SSSR count). The maximum absolute atomic E-state index is 14.7. The fraction of sp³-hybridized carbons (Fsp3) is 0.452. The van der Waals surface area contributed by atoms with Crippen LogP contribution in [0.15, 0.2) is 66.8 Å². The van der Waals surface area contributed by atoms with Crippen molar-refractivity contribution in [1.29, 1.82) is 0 Å². The summed E-state index contributed by atoms with van der Waals surface area (Å²) in [6.07, 6.45) is 8.61.